The first-order valence-electron chi connectivity index (χ1n) is 9.89. The quantitative estimate of drug-likeness (QED) is 0.554. The second-order valence-electron chi connectivity index (χ2n) is 7.22. The molecule has 2 aromatic rings. The molecular weight excluding hydrogens is 386 g/mol. The summed E-state index contributed by atoms with van der Waals surface area (Å²) in [6.07, 6.45) is 3.82. The molecule has 1 atom stereocenters. The van der Waals surface area contributed by atoms with Crippen LogP contribution in [-0.2, 0) is 27.8 Å². The van der Waals surface area contributed by atoms with Gasteiger partial charge in [0, 0.05) is 30.7 Å². The molecule has 0 fully saturated rings. The van der Waals surface area contributed by atoms with Crippen molar-refractivity contribution in [2.45, 2.75) is 40.2 Å². The Kier molecular flexibility index (Phi) is 6.44. The average molecular weight is 413 g/mol. The second-order valence-corrected chi connectivity index (χ2v) is 7.22. The highest BCUT2D eigenvalue weighted by Gasteiger charge is 2.21. The molecule has 1 aromatic heterocycles. The Morgan fingerprint density at radius 2 is 2.13 bits per heavy atom. The zero-order chi connectivity index (χ0) is 21.8. The monoisotopic (exact) mass is 413 g/mol. The summed E-state index contributed by atoms with van der Waals surface area (Å²) < 4.78 is 18.2. The van der Waals surface area contributed by atoms with Gasteiger partial charge in [-0.05, 0) is 45.9 Å². The van der Waals surface area contributed by atoms with Gasteiger partial charge in [-0.3, -0.25) is 9.48 Å². The first-order valence-corrected chi connectivity index (χ1v) is 9.89. The zero-order valence-corrected chi connectivity index (χ0v) is 17.9. The maximum absolute atomic E-state index is 12.1. The molecule has 160 valence electrons. The highest BCUT2D eigenvalue weighted by molar-refractivity contribution is 5.95. The van der Waals surface area contributed by atoms with Gasteiger partial charge in [-0.15, -0.1) is 0 Å². The second kappa shape index (κ2) is 9.02. The number of anilines is 1. The molecule has 0 aliphatic carbocycles. The molecule has 30 heavy (non-hydrogen) atoms. The summed E-state index contributed by atoms with van der Waals surface area (Å²) in [5.74, 6) is 0.423. The van der Waals surface area contributed by atoms with Crippen molar-refractivity contribution in [3.8, 4) is 11.5 Å². The van der Waals surface area contributed by atoms with Gasteiger partial charge in [0.25, 0.3) is 5.91 Å². The van der Waals surface area contributed by atoms with Gasteiger partial charge < -0.3 is 19.5 Å². The fourth-order valence-corrected chi connectivity index (χ4v) is 3.34. The summed E-state index contributed by atoms with van der Waals surface area (Å²) in [6.45, 7) is 7.68. The van der Waals surface area contributed by atoms with Crippen LogP contribution in [-0.4, -0.2) is 41.0 Å². The lowest BCUT2D eigenvalue weighted by molar-refractivity contribution is -0.142. The van der Waals surface area contributed by atoms with Crippen molar-refractivity contribution in [2.75, 3.05) is 18.5 Å². The largest absolute Gasteiger partial charge is 0.493 e. The first-order chi connectivity index (χ1) is 14.3. The molecule has 0 bridgehead atoms. The fraction of sp³-hybridized carbons (Fsp3) is 0.409. The fourth-order valence-electron chi connectivity index (χ4n) is 3.34. The molecule has 1 aliphatic rings. The molecule has 2 heterocycles. The Morgan fingerprint density at radius 1 is 1.37 bits per heavy atom. The van der Waals surface area contributed by atoms with Gasteiger partial charge in [0.05, 0.1) is 23.7 Å². The number of aromatic nitrogens is 2. The summed E-state index contributed by atoms with van der Waals surface area (Å²) in [4.78, 5) is 24.2. The topological polar surface area (TPSA) is 91.7 Å². The van der Waals surface area contributed by atoms with Crippen LogP contribution in [0.1, 0.15) is 36.4 Å². The Balaban J connectivity index is 1.61. The van der Waals surface area contributed by atoms with Crippen molar-refractivity contribution >= 4 is 23.6 Å². The Hall–Kier alpha value is -3.29. The first kappa shape index (κ1) is 21.4. The van der Waals surface area contributed by atoms with E-state index in [0.717, 1.165) is 23.4 Å². The van der Waals surface area contributed by atoms with Crippen LogP contribution in [0.2, 0.25) is 0 Å². The van der Waals surface area contributed by atoms with Gasteiger partial charge in [-0.2, -0.15) is 5.10 Å². The van der Waals surface area contributed by atoms with Crippen LogP contribution in [0.3, 0.4) is 0 Å². The third kappa shape index (κ3) is 4.82. The molecular formula is C22H27N3O5. The van der Waals surface area contributed by atoms with Gasteiger partial charge in [-0.25, -0.2) is 4.79 Å². The summed E-state index contributed by atoms with van der Waals surface area (Å²) >= 11 is 0. The molecule has 1 aromatic carbocycles. The molecule has 1 amide bonds. The number of hydrogen-bond acceptors (Lipinski definition) is 6. The van der Waals surface area contributed by atoms with E-state index in [-0.39, 0.29) is 12.7 Å². The minimum atomic E-state index is -0.623. The molecule has 1 aliphatic heterocycles. The van der Waals surface area contributed by atoms with Gasteiger partial charge >= 0.3 is 5.97 Å². The number of nitrogens with zero attached hydrogens (tertiary/aromatic N) is 2. The van der Waals surface area contributed by atoms with E-state index >= 15 is 0 Å². The maximum atomic E-state index is 12.1. The van der Waals surface area contributed by atoms with E-state index in [2.05, 4.69) is 10.4 Å². The lowest BCUT2D eigenvalue weighted by Crippen LogP contribution is -2.20. The van der Waals surface area contributed by atoms with Crippen LogP contribution in [0.25, 0.3) is 6.08 Å². The van der Waals surface area contributed by atoms with Crippen LogP contribution in [0.4, 0.5) is 5.69 Å². The Morgan fingerprint density at radius 3 is 2.80 bits per heavy atom. The number of fused-ring (bicyclic) bond motifs is 1. The van der Waals surface area contributed by atoms with E-state index in [1.54, 1.807) is 24.7 Å². The lowest BCUT2D eigenvalue weighted by atomic mass is 10.1. The lowest BCUT2D eigenvalue weighted by Gasteiger charge is -2.10. The van der Waals surface area contributed by atoms with Crippen molar-refractivity contribution in [3.05, 3.63) is 40.7 Å². The molecule has 0 unspecified atom stereocenters. The third-order valence-electron chi connectivity index (χ3n) is 4.85. The molecule has 3 rings (SSSR count). The van der Waals surface area contributed by atoms with Gasteiger partial charge in [0.1, 0.15) is 17.6 Å². The molecule has 1 N–H and O–H groups in total. The Labute approximate surface area is 175 Å². The minimum Gasteiger partial charge on any atom is -0.493 e. The van der Waals surface area contributed by atoms with Crippen molar-refractivity contribution in [1.29, 1.82) is 0 Å². The number of esters is 1. The van der Waals surface area contributed by atoms with Crippen LogP contribution in [0, 0.1) is 13.8 Å². The maximum Gasteiger partial charge on any atom is 0.331 e. The van der Waals surface area contributed by atoms with Crippen LogP contribution in [0.5, 0.6) is 11.5 Å². The van der Waals surface area contributed by atoms with E-state index in [1.165, 1.54) is 6.08 Å². The molecule has 0 radical (unpaired) electrons. The number of carbonyl (C=O) groups excluding carboxylic acids is 2. The number of ether oxygens (including phenoxy) is 3. The summed E-state index contributed by atoms with van der Waals surface area (Å²) in [5.41, 5.74) is 3.95. The third-order valence-corrected chi connectivity index (χ3v) is 4.85. The highest BCUT2D eigenvalue weighted by atomic mass is 16.5. The number of benzene rings is 1. The van der Waals surface area contributed by atoms with Crippen molar-refractivity contribution in [1.82, 2.24) is 9.78 Å². The van der Waals surface area contributed by atoms with E-state index in [0.29, 0.717) is 29.3 Å². The molecule has 8 heteroatoms. The number of hydrogen-bond donors (Lipinski definition) is 1. The van der Waals surface area contributed by atoms with E-state index in [4.69, 9.17) is 14.2 Å². The molecule has 8 nitrogen and oxygen atoms in total. The normalized spacial score (nSPS) is 15.0. The van der Waals surface area contributed by atoms with Gasteiger partial charge in [-0.1, -0.05) is 0 Å². The molecule has 0 spiro atoms. The van der Waals surface area contributed by atoms with Gasteiger partial charge in [0.2, 0.25) is 0 Å². The van der Waals surface area contributed by atoms with E-state index in [1.807, 2.05) is 32.9 Å². The standard InChI is InChI=1S/C22H27N3O5/c1-6-28-18-11-17-9-13(2)30-19(17)10-16(18)7-8-21(27)29-12-20(26)23-22-14(3)24-25(5)15(22)4/h7-8,10-11,13H,6,9,12H2,1-5H3,(H,23,26)/b8-7+/t13-/m0/s1. The van der Waals surface area contributed by atoms with Crippen LogP contribution >= 0.6 is 0 Å². The van der Waals surface area contributed by atoms with Crippen molar-refractivity contribution in [3.63, 3.8) is 0 Å². The Bertz CT molecular complexity index is 993. The van der Waals surface area contributed by atoms with Crippen molar-refractivity contribution < 1.29 is 23.8 Å². The predicted octanol–water partition coefficient (Wildman–Crippen LogP) is 2.95. The number of aryl methyl sites for hydroxylation is 2. The van der Waals surface area contributed by atoms with Gasteiger partial charge in [0.15, 0.2) is 6.61 Å². The van der Waals surface area contributed by atoms with Crippen LogP contribution in [0.15, 0.2) is 18.2 Å². The number of carbonyl (C=O) groups is 2. The molecule has 0 saturated carbocycles. The van der Waals surface area contributed by atoms with Crippen molar-refractivity contribution in [2.24, 2.45) is 7.05 Å². The summed E-state index contributed by atoms with van der Waals surface area (Å²) in [7, 11) is 1.80. The van der Waals surface area contributed by atoms with Crippen LogP contribution < -0.4 is 14.8 Å². The number of nitrogens with one attached hydrogen (secondary N) is 1. The number of amides is 1. The predicted molar refractivity (Wildman–Crippen MR) is 113 cm³/mol. The zero-order valence-electron chi connectivity index (χ0n) is 17.9. The highest BCUT2D eigenvalue weighted by Crippen LogP contribution is 2.35. The number of rotatable bonds is 7. The average Bonchev–Trinajstić information content (AvgIpc) is 3.17. The van der Waals surface area contributed by atoms with E-state index in [9.17, 15) is 9.59 Å². The SMILES string of the molecule is CCOc1cc2c(cc1/C=C/C(=O)OCC(=O)Nc1c(C)nn(C)c1C)O[C@@H](C)C2. The summed E-state index contributed by atoms with van der Waals surface area (Å²) in [5, 5.41) is 6.96. The summed E-state index contributed by atoms with van der Waals surface area (Å²) in [6, 6.07) is 3.80. The van der Waals surface area contributed by atoms with E-state index < -0.39 is 11.9 Å². The molecule has 0 saturated heterocycles. The minimum absolute atomic E-state index is 0.115. The smallest absolute Gasteiger partial charge is 0.331 e.